The van der Waals surface area contributed by atoms with Crippen molar-refractivity contribution in [2.24, 2.45) is 0 Å². The predicted molar refractivity (Wildman–Crippen MR) is 144 cm³/mol. The summed E-state index contributed by atoms with van der Waals surface area (Å²) >= 11 is 0. The van der Waals surface area contributed by atoms with Crippen LogP contribution in [-0.2, 0) is 0 Å². The van der Waals surface area contributed by atoms with Crippen LogP contribution in [0.25, 0.3) is 0 Å². The van der Waals surface area contributed by atoms with Gasteiger partial charge in [0.1, 0.15) is 6.33 Å². The van der Waals surface area contributed by atoms with Crippen molar-refractivity contribution in [2.75, 3.05) is 17.2 Å². The molecule has 0 radical (unpaired) electrons. The molecule has 10 heteroatoms. The number of nitro groups is 2. The first-order valence-corrected chi connectivity index (χ1v) is 13.3. The number of nitro benzene ring substituents is 1. The predicted octanol–water partition coefficient (Wildman–Crippen LogP) is 7.93. The molecule has 0 atom stereocenters. The van der Waals surface area contributed by atoms with Crippen LogP contribution in [-0.4, -0.2) is 26.4 Å². The zero-order valence-electron chi connectivity index (χ0n) is 21.4. The van der Waals surface area contributed by atoms with Crippen LogP contribution in [0, 0.1) is 20.2 Å². The first-order chi connectivity index (χ1) is 17.5. The highest BCUT2D eigenvalue weighted by atomic mass is 16.6. The zero-order chi connectivity index (χ0) is 26.0. The highest BCUT2D eigenvalue weighted by Crippen LogP contribution is 2.32. The number of rotatable bonds is 20. The lowest BCUT2D eigenvalue weighted by atomic mass is 10.0. The third-order valence-corrected chi connectivity index (χ3v) is 6.15. The fraction of sp³-hybridized carbons (Fsp3) is 0.615. The number of non-ortho nitro benzene ring substituents is 1. The van der Waals surface area contributed by atoms with Gasteiger partial charge in [-0.25, -0.2) is 9.97 Å². The van der Waals surface area contributed by atoms with Crippen molar-refractivity contribution < 1.29 is 9.85 Å². The largest absolute Gasteiger partial charge is 0.364 e. The second-order valence-corrected chi connectivity index (χ2v) is 9.13. The van der Waals surface area contributed by atoms with Crippen LogP contribution in [0.4, 0.5) is 28.7 Å². The van der Waals surface area contributed by atoms with Gasteiger partial charge >= 0.3 is 5.69 Å². The smallest absolute Gasteiger partial charge is 0.353 e. The van der Waals surface area contributed by atoms with E-state index in [1.165, 1.54) is 95.2 Å². The normalized spacial score (nSPS) is 10.8. The van der Waals surface area contributed by atoms with E-state index in [0.29, 0.717) is 12.2 Å². The van der Waals surface area contributed by atoms with Gasteiger partial charge in [0.05, 0.1) is 9.85 Å². The van der Waals surface area contributed by atoms with Crippen molar-refractivity contribution in [3.8, 4) is 0 Å². The molecule has 198 valence electrons. The highest BCUT2D eigenvalue weighted by molar-refractivity contribution is 5.74. The van der Waals surface area contributed by atoms with E-state index in [1.54, 1.807) is 6.07 Å². The summed E-state index contributed by atoms with van der Waals surface area (Å²) in [5.74, 6) is 0.122. The Morgan fingerprint density at radius 2 is 1.31 bits per heavy atom. The lowest BCUT2D eigenvalue weighted by Crippen LogP contribution is -2.09. The van der Waals surface area contributed by atoms with E-state index in [1.807, 2.05) is 0 Å². The Bertz CT molecular complexity index is 940. The number of unbranched alkanes of at least 4 members (excludes halogenated alkanes) is 13. The molecule has 0 aliphatic rings. The zero-order valence-corrected chi connectivity index (χ0v) is 21.4. The van der Waals surface area contributed by atoms with E-state index in [-0.39, 0.29) is 23.0 Å². The number of hydrogen-bond donors (Lipinski definition) is 2. The van der Waals surface area contributed by atoms with E-state index < -0.39 is 9.85 Å². The average molecular weight is 501 g/mol. The van der Waals surface area contributed by atoms with Gasteiger partial charge in [0.25, 0.3) is 5.69 Å². The van der Waals surface area contributed by atoms with E-state index in [9.17, 15) is 20.2 Å². The average Bonchev–Trinajstić information content (AvgIpc) is 2.86. The van der Waals surface area contributed by atoms with Gasteiger partial charge in [-0.2, -0.15) is 0 Å². The van der Waals surface area contributed by atoms with E-state index in [2.05, 4.69) is 27.5 Å². The molecule has 1 heterocycles. The molecule has 0 spiro atoms. The standard InChI is InChI=1S/C26H40N6O4/c1-2-3-4-5-6-7-8-9-10-11-12-13-14-15-19-27-25-24(32(35)36)26(29-21-28-25)30-22-17-16-18-23(20-22)31(33)34/h16-18,20-21H,2-15,19H2,1H3,(H2,27,28,29,30). The van der Waals surface area contributed by atoms with Crippen LogP contribution >= 0.6 is 0 Å². The molecule has 2 rings (SSSR count). The number of aromatic nitrogens is 2. The van der Waals surface area contributed by atoms with Crippen molar-refractivity contribution in [3.63, 3.8) is 0 Å². The van der Waals surface area contributed by atoms with Crippen molar-refractivity contribution in [2.45, 2.75) is 96.8 Å². The van der Waals surface area contributed by atoms with E-state index >= 15 is 0 Å². The summed E-state index contributed by atoms with van der Waals surface area (Å²) in [6.45, 7) is 2.83. The number of nitrogens with one attached hydrogen (secondary N) is 2. The van der Waals surface area contributed by atoms with Gasteiger partial charge in [0, 0.05) is 24.4 Å². The second-order valence-electron chi connectivity index (χ2n) is 9.13. The summed E-state index contributed by atoms with van der Waals surface area (Å²) in [6.07, 6.45) is 19.0. The molecule has 0 unspecified atom stereocenters. The molecule has 0 fully saturated rings. The number of hydrogen-bond acceptors (Lipinski definition) is 8. The molecular weight excluding hydrogens is 460 g/mol. The van der Waals surface area contributed by atoms with Gasteiger partial charge in [-0.1, -0.05) is 96.5 Å². The van der Waals surface area contributed by atoms with Crippen LogP contribution in [0.2, 0.25) is 0 Å². The summed E-state index contributed by atoms with van der Waals surface area (Å²) < 4.78 is 0. The van der Waals surface area contributed by atoms with Crippen LogP contribution in [0.5, 0.6) is 0 Å². The topological polar surface area (TPSA) is 136 Å². The van der Waals surface area contributed by atoms with Crippen molar-refractivity contribution in [1.82, 2.24) is 9.97 Å². The SMILES string of the molecule is CCCCCCCCCCCCCCCCNc1ncnc(Nc2cccc([N+](=O)[O-])c2)c1[N+](=O)[O-]. The Hall–Kier alpha value is -3.30. The maximum absolute atomic E-state index is 11.7. The van der Waals surface area contributed by atoms with Gasteiger partial charge in [-0.3, -0.25) is 20.2 Å². The molecule has 0 aliphatic heterocycles. The lowest BCUT2D eigenvalue weighted by Gasteiger charge is -2.10. The van der Waals surface area contributed by atoms with Gasteiger partial charge in [0.15, 0.2) is 0 Å². The Kier molecular flexibility index (Phi) is 13.8. The quantitative estimate of drug-likeness (QED) is 0.106. The summed E-state index contributed by atoms with van der Waals surface area (Å²) in [7, 11) is 0. The van der Waals surface area contributed by atoms with Crippen LogP contribution in [0.3, 0.4) is 0 Å². The van der Waals surface area contributed by atoms with Crippen molar-refractivity contribution >= 4 is 28.7 Å². The molecule has 10 nitrogen and oxygen atoms in total. The first kappa shape index (κ1) is 28.9. The highest BCUT2D eigenvalue weighted by Gasteiger charge is 2.23. The minimum atomic E-state index is -0.548. The van der Waals surface area contributed by atoms with Crippen LogP contribution < -0.4 is 10.6 Å². The Morgan fingerprint density at radius 1 is 0.750 bits per heavy atom. The lowest BCUT2D eigenvalue weighted by molar-refractivity contribution is -0.384. The Balaban J connectivity index is 1.67. The van der Waals surface area contributed by atoms with Crippen molar-refractivity contribution in [3.05, 3.63) is 50.8 Å². The molecular formula is C26H40N6O4. The summed E-state index contributed by atoms with van der Waals surface area (Å²) in [6, 6.07) is 5.74. The molecule has 36 heavy (non-hydrogen) atoms. The molecule has 0 amide bonds. The molecule has 0 saturated carbocycles. The fourth-order valence-electron chi connectivity index (χ4n) is 4.13. The van der Waals surface area contributed by atoms with Gasteiger partial charge < -0.3 is 10.6 Å². The molecule has 0 bridgehead atoms. The first-order valence-electron chi connectivity index (χ1n) is 13.3. The van der Waals surface area contributed by atoms with Crippen molar-refractivity contribution in [1.29, 1.82) is 0 Å². The number of anilines is 3. The fourth-order valence-corrected chi connectivity index (χ4v) is 4.13. The maximum Gasteiger partial charge on any atom is 0.353 e. The summed E-state index contributed by atoms with van der Waals surface area (Å²) in [4.78, 5) is 29.6. The van der Waals surface area contributed by atoms with Gasteiger partial charge in [-0.15, -0.1) is 0 Å². The van der Waals surface area contributed by atoms with Gasteiger partial charge in [0.2, 0.25) is 11.6 Å². The van der Waals surface area contributed by atoms with Crippen LogP contribution in [0.15, 0.2) is 30.6 Å². The summed E-state index contributed by atoms with van der Waals surface area (Å²) in [5.41, 5.74) is -0.0637. The molecule has 2 aromatic rings. The van der Waals surface area contributed by atoms with E-state index in [0.717, 1.165) is 19.3 Å². The second kappa shape index (κ2) is 17.2. The van der Waals surface area contributed by atoms with Crippen LogP contribution in [0.1, 0.15) is 96.8 Å². The molecule has 0 saturated heterocycles. The summed E-state index contributed by atoms with van der Waals surface area (Å²) in [5, 5.41) is 28.6. The third kappa shape index (κ3) is 11.0. The Morgan fingerprint density at radius 3 is 1.86 bits per heavy atom. The maximum atomic E-state index is 11.7. The number of nitrogens with zero attached hydrogens (tertiary/aromatic N) is 4. The van der Waals surface area contributed by atoms with Gasteiger partial charge in [-0.05, 0) is 12.5 Å². The van der Waals surface area contributed by atoms with E-state index in [4.69, 9.17) is 0 Å². The molecule has 0 aliphatic carbocycles. The minimum absolute atomic E-state index is 0.0149. The third-order valence-electron chi connectivity index (χ3n) is 6.15. The molecule has 1 aromatic heterocycles. The molecule has 1 aromatic carbocycles. The number of benzene rings is 1. The monoisotopic (exact) mass is 500 g/mol. The minimum Gasteiger partial charge on any atom is -0.364 e. The Labute approximate surface area is 213 Å². The molecule has 2 N–H and O–H groups in total.